The monoisotopic (exact) mass is 311 g/mol. The summed E-state index contributed by atoms with van der Waals surface area (Å²) in [6.45, 7) is 5.48. The van der Waals surface area contributed by atoms with Crippen LogP contribution in [0.4, 0.5) is 0 Å². The number of hydrogen-bond donors (Lipinski definition) is 2. The summed E-state index contributed by atoms with van der Waals surface area (Å²) >= 11 is 0. The Hall–Kier alpha value is -2.63. The van der Waals surface area contributed by atoms with Crippen molar-refractivity contribution in [1.82, 2.24) is 25.1 Å². The number of rotatable bonds is 6. The molecule has 6 heteroatoms. The van der Waals surface area contributed by atoms with Crippen LogP contribution in [0.5, 0.6) is 0 Å². The number of hydrogen-bond acceptors (Lipinski definition) is 3. The van der Waals surface area contributed by atoms with E-state index in [1.807, 2.05) is 34.9 Å². The third-order valence-corrected chi connectivity index (χ3v) is 3.66. The lowest BCUT2D eigenvalue weighted by Gasteiger charge is -2.05. The van der Waals surface area contributed by atoms with Crippen molar-refractivity contribution in [3.63, 3.8) is 0 Å². The quantitative estimate of drug-likeness (QED) is 0.734. The maximum absolute atomic E-state index is 12.1. The first-order valence-electron chi connectivity index (χ1n) is 7.86. The molecule has 2 heterocycles. The molecule has 2 aromatic heterocycles. The van der Waals surface area contributed by atoms with Gasteiger partial charge in [-0.3, -0.25) is 9.89 Å². The first-order chi connectivity index (χ1) is 11.1. The Morgan fingerprint density at radius 2 is 2.17 bits per heavy atom. The largest absolute Gasteiger partial charge is 0.349 e. The molecule has 0 saturated heterocycles. The van der Waals surface area contributed by atoms with Gasteiger partial charge in [0.1, 0.15) is 5.69 Å². The van der Waals surface area contributed by atoms with Crippen LogP contribution in [0.25, 0.3) is 11.0 Å². The minimum atomic E-state index is -0.152. The van der Waals surface area contributed by atoms with E-state index in [0.29, 0.717) is 24.7 Å². The lowest BCUT2D eigenvalue weighted by atomic mass is 10.1. The predicted molar refractivity (Wildman–Crippen MR) is 89.2 cm³/mol. The number of nitrogens with one attached hydrogen (secondary N) is 2. The average molecular weight is 311 g/mol. The molecule has 1 aromatic carbocycles. The van der Waals surface area contributed by atoms with Crippen LogP contribution in [0.1, 0.15) is 30.0 Å². The second-order valence-electron chi connectivity index (χ2n) is 6.06. The number of carbonyl (C=O) groups is 1. The third kappa shape index (κ3) is 3.59. The summed E-state index contributed by atoms with van der Waals surface area (Å²) in [5.41, 5.74) is 3.46. The van der Waals surface area contributed by atoms with E-state index in [1.54, 1.807) is 6.33 Å². The van der Waals surface area contributed by atoms with E-state index in [1.165, 1.54) is 0 Å². The van der Waals surface area contributed by atoms with Gasteiger partial charge in [0.15, 0.2) is 0 Å². The van der Waals surface area contributed by atoms with Crippen molar-refractivity contribution >= 4 is 16.9 Å². The van der Waals surface area contributed by atoms with Crippen LogP contribution >= 0.6 is 0 Å². The topological polar surface area (TPSA) is 75.6 Å². The fourth-order valence-corrected chi connectivity index (χ4v) is 2.59. The maximum atomic E-state index is 12.1. The van der Waals surface area contributed by atoms with Gasteiger partial charge in [-0.2, -0.15) is 5.10 Å². The summed E-state index contributed by atoms with van der Waals surface area (Å²) in [7, 11) is 0. The molecule has 6 nitrogen and oxygen atoms in total. The number of para-hydroxylation sites is 2. The zero-order valence-corrected chi connectivity index (χ0v) is 13.4. The van der Waals surface area contributed by atoms with Gasteiger partial charge < -0.3 is 9.88 Å². The van der Waals surface area contributed by atoms with E-state index in [2.05, 4.69) is 34.3 Å². The predicted octanol–water partition coefficient (Wildman–Crippen LogP) is 2.39. The molecule has 0 aliphatic heterocycles. The van der Waals surface area contributed by atoms with Gasteiger partial charge in [0.2, 0.25) is 0 Å². The molecule has 3 aromatic rings. The van der Waals surface area contributed by atoms with Gasteiger partial charge in [-0.15, -0.1) is 0 Å². The zero-order valence-electron chi connectivity index (χ0n) is 13.4. The Kier molecular flexibility index (Phi) is 4.41. The van der Waals surface area contributed by atoms with Crippen molar-refractivity contribution in [3.8, 4) is 0 Å². The number of imidazole rings is 1. The third-order valence-electron chi connectivity index (χ3n) is 3.66. The van der Waals surface area contributed by atoms with E-state index >= 15 is 0 Å². The Bertz CT molecular complexity index is 802. The summed E-state index contributed by atoms with van der Waals surface area (Å²) in [5, 5.41) is 9.90. The fraction of sp³-hybridized carbons (Fsp3) is 0.353. The van der Waals surface area contributed by atoms with Gasteiger partial charge in [0.25, 0.3) is 5.91 Å². The molecule has 0 bridgehead atoms. The van der Waals surface area contributed by atoms with Crippen LogP contribution in [0.3, 0.4) is 0 Å². The highest BCUT2D eigenvalue weighted by atomic mass is 16.1. The van der Waals surface area contributed by atoms with Crippen LogP contribution in [0, 0.1) is 5.92 Å². The molecule has 3 rings (SSSR count). The number of H-pyrrole nitrogens is 1. The summed E-state index contributed by atoms with van der Waals surface area (Å²) < 4.78 is 2.03. The molecule has 23 heavy (non-hydrogen) atoms. The van der Waals surface area contributed by atoms with Gasteiger partial charge in [-0.25, -0.2) is 4.98 Å². The van der Waals surface area contributed by atoms with Gasteiger partial charge in [0.05, 0.1) is 17.4 Å². The number of aromatic amines is 1. The van der Waals surface area contributed by atoms with Crippen LogP contribution in [-0.2, 0) is 13.0 Å². The zero-order chi connectivity index (χ0) is 16.2. The molecular formula is C17H21N5O. The molecule has 0 atom stereocenters. The molecule has 0 fully saturated rings. The lowest BCUT2D eigenvalue weighted by molar-refractivity contribution is 0.0947. The van der Waals surface area contributed by atoms with E-state index in [-0.39, 0.29) is 5.91 Å². The van der Waals surface area contributed by atoms with Crippen LogP contribution < -0.4 is 5.32 Å². The van der Waals surface area contributed by atoms with E-state index < -0.39 is 0 Å². The second kappa shape index (κ2) is 6.64. The summed E-state index contributed by atoms with van der Waals surface area (Å²) in [6, 6.07) is 9.77. The van der Waals surface area contributed by atoms with Crippen molar-refractivity contribution in [2.75, 3.05) is 6.54 Å². The average Bonchev–Trinajstić information content (AvgIpc) is 3.14. The Labute approximate surface area is 134 Å². The molecule has 0 radical (unpaired) electrons. The van der Waals surface area contributed by atoms with E-state index in [4.69, 9.17) is 0 Å². The Balaban J connectivity index is 1.56. The molecule has 0 aliphatic carbocycles. The summed E-state index contributed by atoms with van der Waals surface area (Å²) in [4.78, 5) is 16.5. The van der Waals surface area contributed by atoms with Crippen molar-refractivity contribution in [1.29, 1.82) is 0 Å². The summed E-state index contributed by atoms with van der Waals surface area (Å²) in [5.74, 6) is 0.376. The van der Waals surface area contributed by atoms with Crippen molar-refractivity contribution in [3.05, 3.63) is 48.0 Å². The smallest absolute Gasteiger partial charge is 0.271 e. The minimum Gasteiger partial charge on any atom is -0.349 e. The molecule has 0 spiro atoms. The standard InChI is InChI=1S/C17H21N5O/c1-12(2)9-13-10-15(21-20-13)17(23)18-7-8-22-11-19-14-5-3-4-6-16(14)22/h3-6,10-12H,7-9H2,1-2H3,(H,18,23)(H,20,21). The first-order valence-corrected chi connectivity index (χ1v) is 7.86. The highest BCUT2D eigenvalue weighted by molar-refractivity contribution is 5.92. The van der Waals surface area contributed by atoms with E-state index in [9.17, 15) is 4.79 Å². The molecule has 2 N–H and O–H groups in total. The van der Waals surface area contributed by atoms with Gasteiger partial charge in [-0.1, -0.05) is 26.0 Å². The first kappa shape index (κ1) is 15.3. The lowest BCUT2D eigenvalue weighted by Crippen LogP contribution is -2.27. The molecule has 120 valence electrons. The molecule has 0 saturated carbocycles. The SMILES string of the molecule is CC(C)Cc1cc(C(=O)NCCn2cnc3ccccc32)n[nH]1. The van der Waals surface area contributed by atoms with Crippen molar-refractivity contribution in [2.24, 2.45) is 5.92 Å². The van der Waals surface area contributed by atoms with Crippen LogP contribution in [-0.4, -0.2) is 32.2 Å². The van der Waals surface area contributed by atoms with Gasteiger partial charge >= 0.3 is 0 Å². The Morgan fingerprint density at radius 3 is 3.00 bits per heavy atom. The van der Waals surface area contributed by atoms with Crippen LogP contribution in [0.15, 0.2) is 36.7 Å². The second-order valence-corrected chi connectivity index (χ2v) is 6.06. The molecular weight excluding hydrogens is 290 g/mol. The highest BCUT2D eigenvalue weighted by Crippen LogP contribution is 2.11. The van der Waals surface area contributed by atoms with Gasteiger partial charge in [-0.05, 0) is 30.5 Å². The van der Waals surface area contributed by atoms with E-state index in [0.717, 1.165) is 23.1 Å². The van der Waals surface area contributed by atoms with Gasteiger partial charge in [0, 0.05) is 18.8 Å². The number of nitrogens with zero attached hydrogens (tertiary/aromatic N) is 3. The van der Waals surface area contributed by atoms with Crippen molar-refractivity contribution < 1.29 is 4.79 Å². The molecule has 0 aliphatic rings. The number of benzene rings is 1. The number of fused-ring (bicyclic) bond motifs is 1. The minimum absolute atomic E-state index is 0.152. The summed E-state index contributed by atoms with van der Waals surface area (Å²) in [6.07, 6.45) is 2.69. The molecule has 0 unspecified atom stereocenters. The number of carbonyl (C=O) groups excluding carboxylic acids is 1. The number of amides is 1. The molecule has 1 amide bonds. The maximum Gasteiger partial charge on any atom is 0.271 e. The Morgan fingerprint density at radius 1 is 1.35 bits per heavy atom. The fourth-order valence-electron chi connectivity index (χ4n) is 2.59. The van der Waals surface area contributed by atoms with Crippen LogP contribution in [0.2, 0.25) is 0 Å². The normalized spacial score (nSPS) is 11.3. The number of aromatic nitrogens is 4. The highest BCUT2D eigenvalue weighted by Gasteiger charge is 2.11. The van der Waals surface area contributed by atoms with Crippen molar-refractivity contribution in [2.45, 2.75) is 26.8 Å².